The summed E-state index contributed by atoms with van der Waals surface area (Å²) in [5.41, 5.74) is 1.53. The molecule has 1 heterocycles. The first-order chi connectivity index (χ1) is 10.1. The summed E-state index contributed by atoms with van der Waals surface area (Å²) < 4.78 is 5.52. The topological polar surface area (TPSA) is 82.6 Å². The minimum Gasteiger partial charge on any atom is -0.504 e. The lowest BCUT2D eigenvalue weighted by atomic mass is 10.1. The highest BCUT2D eigenvalue weighted by Crippen LogP contribution is 2.26. The molecule has 1 aromatic heterocycles. The van der Waals surface area contributed by atoms with Crippen LogP contribution in [-0.4, -0.2) is 21.2 Å². The van der Waals surface area contributed by atoms with Crippen LogP contribution in [0.2, 0.25) is 0 Å². The van der Waals surface area contributed by atoms with Crippen molar-refractivity contribution in [1.82, 2.24) is 4.98 Å². The molecule has 3 N–H and O–H groups in total. The number of aromatic nitrogens is 1. The van der Waals surface area contributed by atoms with Crippen LogP contribution in [0.1, 0.15) is 16.1 Å². The zero-order chi connectivity index (χ0) is 14.8. The zero-order valence-corrected chi connectivity index (χ0v) is 11.0. The second kappa shape index (κ2) is 5.20. The lowest BCUT2D eigenvalue weighted by Gasteiger charge is -2.06. The summed E-state index contributed by atoms with van der Waals surface area (Å²) in [6.45, 7) is 0.214. The van der Waals surface area contributed by atoms with Crippen LogP contribution in [0.25, 0.3) is 10.9 Å². The Hall–Kier alpha value is -2.95. The predicted molar refractivity (Wildman–Crippen MR) is 77.7 cm³/mol. The molecule has 0 atom stereocenters. The number of benzene rings is 2. The normalized spacial score (nSPS) is 10.7. The van der Waals surface area contributed by atoms with E-state index < -0.39 is 5.97 Å². The number of carboxylic acids is 1. The predicted octanol–water partition coefficient (Wildman–Crippen LogP) is 3.15. The van der Waals surface area contributed by atoms with Crippen LogP contribution in [-0.2, 0) is 6.61 Å². The van der Waals surface area contributed by atoms with Crippen molar-refractivity contribution in [2.75, 3.05) is 0 Å². The first-order valence-corrected chi connectivity index (χ1v) is 6.40. The minimum atomic E-state index is -0.976. The highest BCUT2D eigenvalue weighted by atomic mass is 16.5. The molecule has 3 aromatic rings. The van der Waals surface area contributed by atoms with Crippen LogP contribution < -0.4 is 4.74 Å². The first kappa shape index (κ1) is 13.1. The van der Waals surface area contributed by atoms with Gasteiger partial charge in [-0.1, -0.05) is 24.3 Å². The van der Waals surface area contributed by atoms with Crippen molar-refractivity contribution in [3.63, 3.8) is 0 Å². The number of phenolic OH excluding ortho intramolecular Hbond substituents is 1. The van der Waals surface area contributed by atoms with Gasteiger partial charge in [-0.15, -0.1) is 0 Å². The van der Waals surface area contributed by atoms with Crippen molar-refractivity contribution in [3.8, 4) is 11.5 Å². The molecule has 0 amide bonds. The summed E-state index contributed by atoms with van der Waals surface area (Å²) in [7, 11) is 0. The number of carboxylic acid groups (broad SMARTS) is 1. The summed E-state index contributed by atoms with van der Waals surface area (Å²) in [4.78, 5) is 14.2. The van der Waals surface area contributed by atoms with Gasteiger partial charge in [0.05, 0.1) is 16.8 Å². The monoisotopic (exact) mass is 283 g/mol. The number of carbonyl (C=O) groups is 1. The minimum absolute atomic E-state index is 0.0693. The van der Waals surface area contributed by atoms with Crippen molar-refractivity contribution in [2.24, 2.45) is 0 Å². The smallest absolute Gasteiger partial charge is 0.337 e. The number of rotatable bonds is 4. The van der Waals surface area contributed by atoms with Gasteiger partial charge in [0.15, 0.2) is 11.5 Å². The quantitative estimate of drug-likeness (QED) is 0.687. The zero-order valence-electron chi connectivity index (χ0n) is 11.0. The van der Waals surface area contributed by atoms with Gasteiger partial charge in [0.25, 0.3) is 0 Å². The van der Waals surface area contributed by atoms with E-state index in [1.165, 1.54) is 0 Å². The van der Waals surface area contributed by atoms with Crippen molar-refractivity contribution >= 4 is 16.9 Å². The number of para-hydroxylation sites is 3. The van der Waals surface area contributed by atoms with Crippen molar-refractivity contribution in [3.05, 3.63) is 59.8 Å². The number of aromatic amines is 1. The van der Waals surface area contributed by atoms with Crippen molar-refractivity contribution in [1.29, 1.82) is 0 Å². The van der Waals surface area contributed by atoms with Gasteiger partial charge < -0.3 is 19.9 Å². The summed E-state index contributed by atoms with van der Waals surface area (Å²) in [6, 6.07) is 13.6. The van der Waals surface area contributed by atoms with E-state index in [1.54, 1.807) is 36.4 Å². The fourth-order valence-corrected chi connectivity index (χ4v) is 2.21. The molecule has 0 unspecified atom stereocenters. The van der Waals surface area contributed by atoms with E-state index in [0.29, 0.717) is 11.3 Å². The van der Waals surface area contributed by atoms with Crippen molar-refractivity contribution in [2.45, 2.75) is 6.61 Å². The van der Waals surface area contributed by atoms with Crippen LogP contribution in [0.3, 0.4) is 0 Å². The Labute approximate surface area is 120 Å². The number of aromatic carboxylic acids is 1. The molecule has 0 saturated heterocycles. The molecule has 106 valence electrons. The van der Waals surface area contributed by atoms with Crippen LogP contribution in [0.4, 0.5) is 0 Å². The van der Waals surface area contributed by atoms with Gasteiger partial charge in [-0.25, -0.2) is 4.79 Å². The number of hydrogen-bond acceptors (Lipinski definition) is 3. The maximum Gasteiger partial charge on any atom is 0.337 e. The van der Waals surface area contributed by atoms with Crippen LogP contribution in [0.15, 0.2) is 48.5 Å². The molecule has 0 aliphatic rings. The molecule has 0 aliphatic heterocycles. The molecule has 3 rings (SSSR count). The van der Waals surface area contributed by atoms with E-state index in [0.717, 1.165) is 11.1 Å². The van der Waals surface area contributed by atoms with E-state index in [4.69, 9.17) is 9.84 Å². The molecule has 2 aromatic carbocycles. The number of phenols is 1. The maximum atomic E-state index is 11.2. The third-order valence-electron chi connectivity index (χ3n) is 3.19. The Morgan fingerprint density at radius 2 is 1.95 bits per heavy atom. The highest BCUT2D eigenvalue weighted by molar-refractivity contribution is 6.02. The number of H-pyrrole nitrogens is 1. The Bertz CT molecular complexity index is 807. The van der Waals surface area contributed by atoms with E-state index in [-0.39, 0.29) is 17.9 Å². The molecular formula is C16H13NO4. The third-order valence-corrected chi connectivity index (χ3v) is 3.19. The Kier molecular flexibility index (Phi) is 3.23. The molecule has 0 aliphatic carbocycles. The fourth-order valence-electron chi connectivity index (χ4n) is 2.21. The van der Waals surface area contributed by atoms with E-state index >= 15 is 0 Å². The van der Waals surface area contributed by atoms with Crippen molar-refractivity contribution < 1.29 is 19.7 Å². The van der Waals surface area contributed by atoms with Gasteiger partial charge in [-0.05, 0) is 24.3 Å². The lowest BCUT2D eigenvalue weighted by Crippen LogP contribution is -1.98. The van der Waals surface area contributed by atoms with E-state index in [2.05, 4.69) is 4.98 Å². The summed E-state index contributed by atoms with van der Waals surface area (Å²) in [5.74, 6) is -0.523. The van der Waals surface area contributed by atoms with Gasteiger partial charge in [0, 0.05) is 5.39 Å². The molecule has 21 heavy (non-hydrogen) atoms. The summed E-state index contributed by atoms with van der Waals surface area (Å²) >= 11 is 0. The largest absolute Gasteiger partial charge is 0.504 e. The van der Waals surface area contributed by atoms with Gasteiger partial charge in [-0.2, -0.15) is 0 Å². The number of aromatic hydroxyl groups is 1. The number of fused-ring (bicyclic) bond motifs is 1. The highest BCUT2D eigenvalue weighted by Gasteiger charge is 2.11. The van der Waals surface area contributed by atoms with Crippen LogP contribution >= 0.6 is 0 Å². The second-order valence-electron chi connectivity index (χ2n) is 4.63. The SMILES string of the molecule is O=C(O)c1cccc2cc(COc3ccccc3O)[nH]c12. The second-order valence-corrected chi connectivity index (χ2v) is 4.63. The Morgan fingerprint density at radius 3 is 2.71 bits per heavy atom. The molecule has 0 spiro atoms. The molecule has 0 bridgehead atoms. The van der Waals surface area contributed by atoms with Gasteiger partial charge in [0.2, 0.25) is 0 Å². The average Bonchev–Trinajstić information content (AvgIpc) is 2.88. The molecule has 0 saturated carbocycles. The van der Waals surface area contributed by atoms with E-state index in [1.807, 2.05) is 12.1 Å². The molecular weight excluding hydrogens is 270 g/mol. The number of ether oxygens (including phenoxy) is 1. The Balaban J connectivity index is 1.87. The van der Waals surface area contributed by atoms with Gasteiger partial charge in [-0.3, -0.25) is 0 Å². The van der Waals surface area contributed by atoms with Crippen LogP contribution in [0, 0.1) is 0 Å². The molecule has 0 radical (unpaired) electrons. The molecule has 0 fully saturated rings. The molecule has 5 nitrogen and oxygen atoms in total. The fraction of sp³-hybridized carbons (Fsp3) is 0.0625. The Morgan fingerprint density at radius 1 is 1.14 bits per heavy atom. The lowest BCUT2D eigenvalue weighted by molar-refractivity contribution is 0.0699. The summed E-state index contributed by atoms with van der Waals surface area (Å²) in [6.07, 6.45) is 0. The standard InChI is InChI=1S/C16H13NO4/c18-13-6-1-2-7-14(13)21-9-11-8-10-4-3-5-12(16(19)20)15(10)17-11/h1-8,17-18H,9H2,(H,19,20). The van der Waals surface area contributed by atoms with Gasteiger partial charge >= 0.3 is 5.97 Å². The third kappa shape index (κ3) is 2.53. The number of nitrogens with one attached hydrogen (secondary N) is 1. The maximum absolute atomic E-state index is 11.2. The van der Waals surface area contributed by atoms with Gasteiger partial charge in [0.1, 0.15) is 6.61 Å². The first-order valence-electron chi connectivity index (χ1n) is 6.40. The molecule has 5 heteroatoms. The average molecular weight is 283 g/mol. The van der Waals surface area contributed by atoms with E-state index in [9.17, 15) is 9.90 Å². The van der Waals surface area contributed by atoms with Crippen LogP contribution in [0.5, 0.6) is 11.5 Å². The summed E-state index contributed by atoms with van der Waals surface area (Å²) in [5, 5.41) is 19.6. The number of hydrogen-bond donors (Lipinski definition) is 3.